The molecule has 0 saturated heterocycles. The molecule has 1 aromatic heterocycles. The highest BCUT2D eigenvalue weighted by atomic mass is 32.2. The molecular formula is C23H25N3O3S. The summed E-state index contributed by atoms with van der Waals surface area (Å²) in [6.45, 7) is 7.39. The van der Waals surface area contributed by atoms with E-state index in [1.807, 2.05) is 57.2 Å². The second-order valence-corrected chi connectivity index (χ2v) is 8.99. The van der Waals surface area contributed by atoms with Gasteiger partial charge in [-0.15, -0.1) is 0 Å². The standard InChI is InChI=1S/C23H25N3O3S/c1-15-13-16(2)24-18(4)22(15)25-23(27)20-11-8-12-21(14-20)30(28,29)26-17(3)19-9-6-5-7-10-19/h5-14,17,26H,1-4H3,(H,25,27). The average Bonchev–Trinajstić information content (AvgIpc) is 2.71. The number of nitrogens with zero attached hydrogens (tertiary/aromatic N) is 1. The number of amides is 1. The van der Waals surface area contributed by atoms with E-state index in [0.29, 0.717) is 11.4 Å². The number of hydrogen-bond acceptors (Lipinski definition) is 4. The smallest absolute Gasteiger partial charge is 0.255 e. The summed E-state index contributed by atoms with van der Waals surface area (Å²) in [7, 11) is -3.80. The Morgan fingerprint density at radius 2 is 1.67 bits per heavy atom. The van der Waals surface area contributed by atoms with Crippen molar-refractivity contribution < 1.29 is 13.2 Å². The van der Waals surface area contributed by atoms with Crippen LogP contribution in [0.4, 0.5) is 5.69 Å². The van der Waals surface area contributed by atoms with Crippen LogP contribution < -0.4 is 10.0 Å². The van der Waals surface area contributed by atoms with E-state index in [1.54, 1.807) is 19.1 Å². The highest BCUT2D eigenvalue weighted by Crippen LogP contribution is 2.22. The first-order chi connectivity index (χ1) is 14.2. The molecule has 6 nitrogen and oxygen atoms in total. The molecule has 3 aromatic rings. The van der Waals surface area contributed by atoms with Gasteiger partial charge in [-0.2, -0.15) is 0 Å². The van der Waals surface area contributed by atoms with Crippen molar-refractivity contribution >= 4 is 21.6 Å². The molecular weight excluding hydrogens is 398 g/mol. The molecule has 30 heavy (non-hydrogen) atoms. The molecule has 0 aliphatic carbocycles. The predicted octanol–water partition coefficient (Wildman–Crippen LogP) is 4.30. The van der Waals surface area contributed by atoms with Gasteiger partial charge >= 0.3 is 0 Å². The molecule has 1 heterocycles. The molecule has 0 fully saturated rings. The van der Waals surface area contributed by atoms with Crippen LogP contribution in [0.3, 0.4) is 0 Å². The van der Waals surface area contributed by atoms with Gasteiger partial charge in [-0.1, -0.05) is 36.4 Å². The summed E-state index contributed by atoms with van der Waals surface area (Å²) in [6.07, 6.45) is 0. The number of pyridine rings is 1. The van der Waals surface area contributed by atoms with E-state index in [4.69, 9.17) is 0 Å². The zero-order chi connectivity index (χ0) is 21.9. The second kappa shape index (κ2) is 8.77. The summed E-state index contributed by atoms with van der Waals surface area (Å²) in [4.78, 5) is 17.2. The highest BCUT2D eigenvalue weighted by Gasteiger charge is 2.20. The van der Waals surface area contributed by atoms with Gasteiger partial charge in [-0.25, -0.2) is 13.1 Å². The first-order valence-electron chi connectivity index (χ1n) is 9.61. The largest absolute Gasteiger partial charge is 0.320 e. The summed E-state index contributed by atoms with van der Waals surface area (Å²) in [6, 6.07) is 16.8. The van der Waals surface area contributed by atoms with Crippen LogP contribution in [0.2, 0.25) is 0 Å². The van der Waals surface area contributed by atoms with Gasteiger partial charge in [0.15, 0.2) is 0 Å². The fourth-order valence-corrected chi connectivity index (χ4v) is 4.59. The Morgan fingerprint density at radius 3 is 2.33 bits per heavy atom. The van der Waals surface area contributed by atoms with E-state index >= 15 is 0 Å². The number of sulfonamides is 1. The Balaban J connectivity index is 1.82. The molecule has 0 spiro atoms. The highest BCUT2D eigenvalue weighted by molar-refractivity contribution is 7.89. The summed E-state index contributed by atoms with van der Waals surface area (Å²) in [5.74, 6) is -0.389. The molecule has 1 amide bonds. The SMILES string of the molecule is Cc1cc(C)c(NC(=O)c2cccc(S(=O)(=O)NC(C)c3ccccc3)c2)c(C)n1. The van der Waals surface area contributed by atoms with E-state index in [1.165, 1.54) is 12.1 Å². The number of anilines is 1. The van der Waals surface area contributed by atoms with E-state index in [9.17, 15) is 13.2 Å². The molecule has 0 aliphatic rings. The molecule has 2 aromatic carbocycles. The maximum Gasteiger partial charge on any atom is 0.255 e. The quantitative estimate of drug-likeness (QED) is 0.619. The van der Waals surface area contributed by atoms with Gasteiger partial charge in [0.1, 0.15) is 0 Å². The lowest BCUT2D eigenvalue weighted by Gasteiger charge is -2.15. The van der Waals surface area contributed by atoms with Crippen LogP contribution in [0.5, 0.6) is 0 Å². The number of carbonyl (C=O) groups is 1. The molecule has 156 valence electrons. The van der Waals surface area contributed by atoms with Crippen molar-refractivity contribution in [1.29, 1.82) is 0 Å². The van der Waals surface area contributed by atoms with E-state index in [-0.39, 0.29) is 16.4 Å². The van der Waals surface area contributed by atoms with Crippen LogP contribution in [0.1, 0.15) is 45.8 Å². The zero-order valence-electron chi connectivity index (χ0n) is 17.4. The fourth-order valence-electron chi connectivity index (χ4n) is 3.31. The van der Waals surface area contributed by atoms with Gasteiger partial charge in [0.25, 0.3) is 5.91 Å². The lowest BCUT2D eigenvalue weighted by Crippen LogP contribution is -2.27. The molecule has 0 radical (unpaired) electrons. The Labute approximate surface area is 177 Å². The number of rotatable bonds is 6. The van der Waals surface area contributed by atoms with Crippen LogP contribution in [-0.2, 0) is 10.0 Å². The average molecular weight is 424 g/mol. The third-order valence-corrected chi connectivity index (χ3v) is 6.34. The molecule has 2 N–H and O–H groups in total. The zero-order valence-corrected chi connectivity index (χ0v) is 18.2. The van der Waals surface area contributed by atoms with Crippen molar-refractivity contribution in [3.63, 3.8) is 0 Å². The van der Waals surface area contributed by atoms with Crippen molar-refractivity contribution in [3.8, 4) is 0 Å². The van der Waals surface area contributed by atoms with Crippen molar-refractivity contribution in [1.82, 2.24) is 9.71 Å². The molecule has 3 rings (SSSR count). The molecule has 1 atom stereocenters. The minimum Gasteiger partial charge on any atom is -0.320 e. The number of carbonyl (C=O) groups excluding carboxylic acids is 1. The summed E-state index contributed by atoms with van der Waals surface area (Å²) in [5.41, 5.74) is 4.22. The van der Waals surface area contributed by atoms with Crippen molar-refractivity contribution in [3.05, 3.63) is 88.7 Å². The lowest BCUT2D eigenvalue weighted by molar-refractivity contribution is 0.102. The van der Waals surface area contributed by atoms with Crippen LogP contribution in [0.15, 0.2) is 65.6 Å². The van der Waals surface area contributed by atoms with Crippen LogP contribution in [0, 0.1) is 20.8 Å². The van der Waals surface area contributed by atoms with Gasteiger partial charge in [0.2, 0.25) is 10.0 Å². The minimum absolute atomic E-state index is 0.0356. The molecule has 0 saturated carbocycles. The van der Waals surface area contributed by atoms with Gasteiger partial charge in [-0.05, 0) is 63.1 Å². The minimum atomic E-state index is -3.80. The van der Waals surface area contributed by atoms with Crippen LogP contribution in [0.25, 0.3) is 0 Å². The summed E-state index contributed by atoms with van der Waals surface area (Å²) >= 11 is 0. The first-order valence-corrected chi connectivity index (χ1v) is 11.1. The van der Waals surface area contributed by atoms with Gasteiger partial charge in [0, 0.05) is 17.3 Å². The van der Waals surface area contributed by atoms with Crippen LogP contribution >= 0.6 is 0 Å². The molecule has 0 aliphatic heterocycles. The normalized spacial score (nSPS) is 12.4. The maximum absolute atomic E-state index is 12.8. The summed E-state index contributed by atoms with van der Waals surface area (Å²) in [5, 5.41) is 2.85. The maximum atomic E-state index is 12.8. The van der Waals surface area contributed by atoms with Crippen molar-refractivity contribution in [2.24, 2.45) is 0 Å². The topological polar surface area (TPSA) is 88.2 Å². The van der Waals surface area contributed by atoms with E-state index in [2.05, 4.69) is 15.0 Å². The number of aromatic nitrogens is 1. The Bertz CT molecular complexity index is 1150. The second-order valence-electron chi connectivity index (χ2n) is 7.28. The third kappa shape index (κ3) is 4.93. The van der Waals surface area contributed by atoms with Crippen LogP contribution in [-0.4, -0.2) is 19.3 Å². The Morgan fingerprint density at radius 1 is 0.967 bits per heavy atom. The molecule has 7 heteroatoms. The Kier molecular flexibility index (Phi) is 6.34. The van der Waals surface area contributed by atoms with E-state index < -0.39 is 16.1 Å². The van der Waals surface area contributed by atoms with Gasteiger partial charge < -0.3 is 5.32 Å². The summed E-state index contributed by atoms with van der Waals surface area (Å²) < 4.78 is 28.3. The Hall–Kier alpha value is -3.03. The predicted molar refractivity (Wildman–Crippen MR) is 118 cm³/mol. The number of benzene rings is 2. The van der Waals surface area contributed by atoms with Gasteiger partial charge in [0.05, 0.1) is 16.3 Å². The monoisotopic (exact) mass is 423 g/mol. The molecule has 1 unspecified atom stereocenters. The number of hydrogen-bond donors (Lipinski definition) is 2. The lowest BCUT2D eigenvalue weighted by atomic mass is 10.1. The third-order valence-electron chi connectivity index (χ3n) is 4.80. The van der Waals surface area contributed by atoms with Crippen molar-refractivity contribution in [2.45, 2.75) is 38.6 Å². The molecule has 0 bridgehead atoms. The van der Waals surface area contributed by atoms with Crippen molar-refractivity contribution in [2.75, 3.05) is 5.32 Å². The van der Waals surface area contributed by atoms with E-state index in [0.717, 1.165) is 16.8 Å². The fraction of sp³-hybridized carbons (Fsp3) is 0.217. The first kappa shape index (κ1) is 21.7. The van der Waals surface area contributed by atoms with Gasteiger partial charge in [-0.3, -0.25) is 9.78 Å². The number of nitrogens with one attached hydrogen (secondary N) is 2. The number of aryl methyl sites for hydroxylation is 3.